The first-order valence-electron chi connectivity index (χ1n) is 5.57. The van der Waals surface area contributed by atoms with Crippen LogP contribution in [0.4, 0.5) is 11.5 Å². The van der Waals surface area contributed by atoms with Gasteiger partial charge in [-0.3, -0.25) is 10.1 Å². The average molecular weight is 292 g/mol. The minimum atomic E-state index is -1.45. The quantitative estimate of drug-likeness (QED) is 0.649. The number of hydrogen-bond donors (Lipinski definition) is 1. The van der Waals surface area contributed by atoms with Crippen molar-refractivity contribution in [2.24, 2.45) is 0 Å². The standard InChI is InChI=1S/C11H8N4O6/c16-11(17)10-7(2-1-3-8(10)14(18)19)6-13-5-4-9(12-13)15(20)21/h1-5H,6H2,(H,16,17). The number of nitro benzene ring substituents is 1. The summed E-state index contributed by atoms with van der Waals surface area (Å²) in [6.07, 6.45) is 1.29. The van der Waals surface area contributed by atoms with E-state index in [9.17, 15) is 25.0 Å². The van der Waals surface area contributed by atoms with E-state index in [1.165, 1.54) is 18.3 Å². The van der Waals surface area contributed by atoms with Crippen LogP contribution in [0.1, 0.15) is 15.9 Å². The van der Waals surface area contributed by atoms with E-state index in [1.807, 2.05) is 0 Å². The molecule has 21 heavy (non-hydrogen) atoms. The summed E-state index contributed by atoms with van der Waals surface area (Å²) in [7, 11) is 0. The molecule has 108 valence electrons. The maximum Gasteiger partial charge on any atom is 0.389 e. The van der Waals surface area contributed by atoms with E-state index in [2.05, 4.69) is 5.10 Å². The van der Waals surface area contributed by atoms with Crippen molar-refractivity contribution in [1.82, 2.24) is 9.78 Å². The molecule has 0 saturated carbocycles. The van der Waals surface area contributed by atoms with Crippen molar-refractivity contribution in [2.45, 2.75) is 6.54 Å². The number of carboxylic acids is 1. The van der Waals surface area contributed by atoms with Gasteiger partial charge in [-0.25, -0.2) is 4.79 Å². The molecule has 10 nitrogen and oxygen atoms in total. The molecule has 1 N–H and O–H groups in total. The summed E-state index contributed by atoms with van der Waals surface area (Å²) in [6, 6.07) is 4.97. The maximum atomic E-state index is 11.2. The van der Waals surface area contributed by atoms with Crippen LogP contribution in [0.25, 0.3) is 0 Å². The van der Waals surface area contributed by atoms with E-state index in [4.69, 9.17) is 5.11 Å². The first-order valence-corrected chi connectivity index (χ1v) is 5.57. The fourth-order valence-corrected chi connectivity index (χ4v) is 1.83. The number of nitrogens with zero attached hydrogens (tertiary/aromatic N) is 4. The lowest BCUT2D eigenvalue weighted by Crippen LogP contribution is -2.10. The molecule has 2 aromatic rings. The second-order valence-corrected chi connectivity index (χ2v) is 4.00. The van der Waals surface area contributed by atoms with Gasteiger partial charge < -0.3 is 15.2 Å². The zero-order valence-electron chi connectivity index (χ0n) is 10.4. The molecule has 0 aliphatic rings. The Morgan fingerprint density at radius 3 is 2.48 bits per heavy atom. The Kier molecular flexibility index (Phi) is 3.61. The molecule has 1 aromatic heterocycles. The highest BCUT2D eigenvalue weighted by atomic mass is 16.6. The average Bonchev–Trinajstić information content (AvgIpc) is 2.86. The summed E-state index contributed by atoms with van der Waals surface area (Å²) in [6.45, 7) is -0.128. The van der Waals surface area contributed by atoms with Gasteiger partial charge in [0.2, 0.25) is 0 Å². The predicted molar refractivity (Wildman–Crippen MR) is 68.0 cm³/mol. The summed E-state index contributed by atoms with van der Waals surface area (Å²) in [5.74, 6) is -1.84. The maximum absolute atomic E-state index is 11.2. The Labute approximate surface area is 116 Å². The summed E-state index contributed by atoms with van der Waals surface area (Å²) in [5.41, 5.74) is -0.864. The van der Waals surface area contributed by atoms with Crippen molar-refractivity contribution in [3.63, 3.8) is 0 Å². The fourth-order valence-electron chi connectivity index (χ4n) is 1.83. The largest absolute Gasteiger partial charge is 0.477 e. The van der Waals surface area contributed by atoms with Gasteiger partial charge in [-0.1, -0.05) is 12.1 Å². The zero-order chi connectivity index (χ0) is 15.6. The molecule has 1 aromatic carbocycles. The number of hydrogen-bond acceptors (Lipinski definition) is 6. The highest BCUT2D eigenvalue weighted by molar-refractivity contribution is 5.94. The van der Waals surface area contributed by atoms with Gasteiger partial charge in [0.05, 0.1) is 28.8 Å². The first kappa shape index (κ1) is 14.1. The van der Waals surface area contributed by atoms with Crippen LogP contribution < -0.4 is 0 Å². The molecule has 0 aliphatic carbocycles. The molecular weight excluding hydrogens is 284 g/mol. The highest BCUT2D eigenvalue weighted by Gasteiger charge is 2.24. The van der Waals surface area contributed by atoms with Gasteiger partial charge in [0.1, 0.15) is 5.56 Å². The van der Waals surface area contributed by atoms with Gasteiger partial charge in [0, 0.05) is 6.07 Å². The number of carbonyl (C=O) groups is 1. The number of nitro groups is 2. The smallest absolute Gasteiger partial charge is 0.389 e. The summed E-state index contributed by atoms with van der Waals surface area (Å²) in [5, 5.41) is 34.1. The van der Waals surface area contributed by atoms with Crippen molar-refractivity contribution < 1.29 is 19.7 Å². The van der Waals surface area contributed by atoms with Crippen molar-refractivity contribution in [3.8, 4) is 0 Å². The number of benzene rings is 1. The Morgan fingerprint density at radius 1 is 1.24 bits per heavy atom. The normalized spacial score (nSPS) is 10.3. The lowest BCUT2D eigenvalue weighted by atomic mass is 10.1. The molecular formula is C11H8N4O6. The lowest BCUT2D eigenvalue weighted by molar-refractivity contribution is -0.389. The SMILES string of the molecule is O=C(O)c1c(Cn2ccc([N+](=O)[O-])n2)cccc1[N+](=O)[O-]. The molecule has 0 bridgehead atoms. The third kappa shape index (κ3) is 2.83. The minimum Gasteiger partial charge on any atom is -0.477 e. The van der Waals surface area contributed by atoms with Crippen molar-refractivity contribution >= 4 is 17.5 Å². The third-order valence-electron chi connectivity index (χ3n) is 2.69. The predicted octanol–water partition coefficient (Wildman–Crippen LogP) is 1.45. The molecule has 0 spiro atoms. The van der Waals surface area contributed by atoms with Crippen LogP contribution in [0.3, 0.4) is 0 Å². The Hall–Kier alpha value is -3.30. The van der Waals surface area contributed by atoms with Crippen molar-refractivity contribution in [1.29, 1.82) is 0 Å². The first-order chi connectivity index (χ1) is 9.90. The van der Waals surface area contributed by atoms with Crippen molar-refractivity contribution in [3.05, 3.63) is 61.8 Å². The van der Waals surface area contributed by atoms with E-state index in [0.29, 0.717) is 0 Å². The van der Waals surface area contributed by atoms with Crippen LogP contribution >= 0.6 is 0 Å². The van der Waals surface area contributed by atoms with Gasteiger partial charge in [-0.05, 0) is 10.5 Å². The monoisotopic (exact) mass is 292 g/mol. The van der Waals surface area contributed by atoms with Crippen LogP contribution in [-0.2, 0) is 6.54 Å². The second-order valence-electron chi connectivity index (χ2n) is 4.00. The van der Waals surface area contributed by atoms with Gasteiger partial charge in [0.25, 0.3) is 5.69 Å². The molecule has 0 amide bonds. The number of carboxylic acid groups (broad SMARTS) is 1. The van der Waals surface area contributed by atoms with Crippen LogP contribution in [0.2, 0.25) is 0 Å². The molecule has 0 saturated heterocycles. The Morgan fingerprint density at radius 2 is 1.95 bits per heavy atom. The molecule has 2 rings (SSSR count). The summed E-state index contributed by atoms with van der Waals surface area (Å²) >= 11 is 0. The number of rotatable bonds is 5. The van der Waals surface area contributed by atoms with Crippen molar-refractivity contribution in [2.75, 3.05) is 0 Å². The number of aromatic carboxylic acids is 1. The van der Waals surface area contributed by atoms with Gasteiger partial charge in [0.15, 0.2) is 0 Å². The Bertz CT molecular complexity index is 738. The van der Waals surface area contributed by atoms with Gasteiger partial charge >= 0.3 is 11.8 Å². The Balaban J connectivity index is 2.43. The molecule has 0 fully saturated rings. The van der Waals surface area contributed by atoms with E-state index >= 15 is 0 Å². The lowest BCUT2D eigenvalue weighted by Gasteiger charge is -2.04. The molecule has 1 heterocycles. The second kappa shape index (κ2) is 5.36. The van der Waals surface area contributed by atoms with Gasteiger partial charge in [-0.15, -0.1) is 0 Å². The van der Waals surface area contributed by atoms with E-state index in [-0.39, 0.29) is 12.1 Å². The van der Waals surface area contributed by atoms with Gasteiger partial charge in [-0.2, -0.15) is 4.68 Å². The van der Waals surface area contributed by atoms with Crippen LogP contribution in [0, 0.1) is 20.2 Å². The topological polar surface area (TPSA) is 141 Å². The molecule has 10 heteroatoms. The molecule has 0 aliphatic heterocycles. The highest BCUT2D eigenvalue weighted by Crippen LogP contribution is 2.23. The third-order valence-corrected chi connectivity index (χ3v) is 2.69. The summed E-state index contributed by atoms with van der Waals surface area (Å²) in [4.78, 5) is 31.1. The molecule has 0 unspecified atom stereocenters. The minimum absolute atomic E-state index is 0.128. The number of aromatic nitrogens is 2. The summed E-state index contributed by atoms with van der Waals surface area (Å²) < 4.78 is 1.14. The molecule has 0 radical (unpaired) electrons. The zero-order valence-corrected chi connectivity index (χ0v) is 10.4. The van der Waals surface area contributed by atoms with Crippen LogP contribution in [0.15, 0.2) is 30.5 Å². The van der Waals surface area contributed by atoms with E-state index in [1.54, 1.807) is 0 Å². The molecule has 0 atom stereocenters. The van der Waals surface area contributed by atoms with Crippen LogP contribution in [-0.4, -0.2) is 30.7 Å². The fraction of sp³-hybridized carbons (Fsp3) is 0.0909. The van der Waals surface area contributed by atoms with E-state index in [0.717, 1.165) is 16.8 Å². The van der Waals surface area contributed by atoms with E-state index < -0.39 is 32.9 Å². The van der Waals surface area contributed by atoms with Crippen LogP contribution in [0.5, 0.6) is 0 Å².